The van der Waals surface area contributed by atoms with Gasteiger partial charge in [0, 0.05) is 12.3 Å². The molecule has 1 N–H and O–H groups in total. The van der Waals surface area contributed by atoms with Gasteiger partial charge in [0.15, 0.2) is 0 Å². The van der Waals surface area contributed by atoms with Gasteiger partial charge in [0.25, 0.3) is 0 Å². The Balaban J connectivity index is 1.74. The minimum Gasteiger partial charge on any atom is -0.480 e. The summed E-state index contributed by atoms with van der Waals surface area (Å²) in [7, 11) is -2.87. The number of hydrogen-bond donors (Lipinski definition) is 1. The maximum Gasteiger partial charge on any atom is 0.320 e. The minimum atomic E-state index is -2.87. The van der Waals surface area contributed by atoms with E-state index >= 15 is 0 Å². The van der Waals surface area contributed by atoms with Crippen molar-refractivity contribution in [2.24, 2.45) is 0 Å². The second-order valence-corrected chi connectivity index (χ2v) is 8.55. The lowest BCUT2D eigenvalue weighted by molar-refractivity contribution is -0.143. The zero-order valence-electron chi connectivity index (χ0n) is 12.7. The van der Waals surface area contributed by atoms with Crippen LogP contribution in [0.4, 0.5) is 0 Å². The highest BCUT2D eigenvalue weighted by atomic mass is 32.2. The first-order valence-electron chi connectivity index (χ1n) is 7.75. The highest BCUT2D eigenvalue weighted by Gasteiger charge is 2.36. The highest BCUT2D eigenvalue weighted by Crippen LogP contribution is 2.26. The minimum absolute atomic E-state index is 0.250. The predicted octanol–water partition coefficient (Wildman–Crippen LogP) is 0.435. The van der Waals surface area contributed by atoms with E-state index in [1.807, 2.05) is 0 Å². The van der Waals surface area contributed by atoms with Crippen LogP contribution in [-0.2, 0) is 14.6 Å². The van der Waals surface area contributed by atoms with Crippen molar-refractivity contribution in [3.05, 3.63) is 0 Å². The van der Waals surface area contributed by atoms with Gasteiger partial charge in [-0.25, -0.2) is 8.42 Å². The molecule has 7 heteroatoms. The number of aliphatic carboxylic acids is 1. The maximum atomic E-state index is 11.2. The molecule has 122 valence electrons. The Hall–Kier alpha value is -0.660. The summed E-state index contributed by atoms with van der Waals surface area (Å²) in [5.41, 5.74) is 0. The summed E-state index contributed by atoms with van der Waals surface area (Å²) in [5, 5.41) is 9.25. The van der Waals surface area contributed by atoms with E-state index < -0.39 is 15.8 Å². The average Bonchev–Trinajstić information content (AvgIpc) is 2.87. The number of hydrogen-bond acceptors (Lipinski definition) is 5. The SMILES string of the molecule is CS(=O)(=O)CCCN1CCC(N2CCCC2C(=O)O)CC1. The van der Waals surface area contributed by atoms with E-state index in [2.05, 4.69) is 9.80 Å². The molecule has 0 amide bonds. The molecular formula is C14H26N2O4S. The normalized spacial score (nSPS) is 26.2. The third-order valence-electron chi connectivity index (χ3n) is 4.59. The van der Waals surface area contributed by atoms with Crippen molar-refractivity contribution in [3.63, 3.8) is 0 Å². The molecule has 2 aliphatic rings. The summed E-state index contributed by atoms with van der Waals surface area (Å²) in [5.74, 6) is -0.441. The standard InChI is InChI=1S/C14H26N2O4S/c1-21(19,20)11-3-7-15-9-5-12(6-10-15)16-8-2-4-13(16)14(17)18/h12-13H,2-11H2,1H3,(H,17,18). The molecule has 0 bridgehead atoms. The van der Waals surface area contributed by atoms with Crippen LogP contribution in [0.2, 0.25) is 0 Å². The molecule has 21 heavy (non-hydrogen) atoms. The molecule has 6 nitrogen and oxygen atoms in total. The molecule has 2 heterocycles. The number of carbonyl (C=O) groups is 1. The molecule has 0 saturated carbocycles. The highest BCUT2D eigenvalue weighted by molar-refractivity contribution is 7.90. The first kappa shape index (κ1) is 16.7. The maximum absolute atomic E-state index is 11.2. The first-order valence-corrected chi connectivity index (χ1v) is 9.81. The molecule has 2 saturated heterocycles. The van der Waals surface area contributed by atoms with Gasteiger partial charge in [-0.05, 0) is 58.3 Å². The number of nitrogens with zero attached hydrogens (tertiary/aromatic N) is 2. The summed E-state index contributed by atoms with van der Waals surface area (Å²) in [6, 6.07) is 0.0755. The molecule has 2 rings (SSSR count). The van der Waals surface area contributed by atoms with Gasteiger partial charge in [-0.1, -0.05) is 0 Å². The zero-order valence-corrected chi connectivity index (χ0v) is 13.5. The number of piperidine rings is 1. The van der Waals surface area contributed by atoms with Gasteiger partial charge in [0.05, 0.1) is 5.75 Å². The molecule has 2 aliphatic heterocycles. The second kappa shape index (κ2) is 7.07. The summed E-state index contributed by atoms with van der Waals surface area (Å²) in [4.78, 5) is 15.7. The summed E-state index contributed by atoms with van der Waals surface area (Å²) in [6.07, 6.45) is 5.68. The average molecular weight is 318 g/mol. The molecule has 0 spiro atoms. The van der Waals surface area contributed by atoms with Crippen LogP contribution in [0.25, 0.3) is 0 Å². The third kappa shape index (κ3) is 4.93. The predicted molar refractivity (Wildman–Crippen MR) is 81.2 cm³/mol. The topological polar surface area (TPSA) is 77.9 Å². The van der Waals surface area contributed by atoms with E-state index in [1.54, 1.807) is 0 Å². The van der Waals surface area contributed by atoms with E-state index in [0.717, 1.165) is 51.9 Å². The van der Waals surface area contributed by atoms with Gasteiger partial charge in [0.1, 0.15) is 15.9 Å². The van der Waals surface area contributed by atoms with Gasteiger partial charge in [-0.3, -0.25) is 9.69 Å². The summed E-state index contributed by atoms with van der Waals surface area (Å²) >= 11 is 0. The smallest absolute Gasteiger partial charge is 0.320 e. The first-order chi connectivity index (χ1) is 9.87. The van der Waals surface area contributed by atoms with Crippen LogP contribution in [-0.4, -0.2) is 79.6 Å². The van der Waals surface area contributed by atoms with Gasteiger partial charge >= 0.3 is 5.97 Å². The third-order valence-corrected chi connectivity index (χ3v) is 5.63. The van der Waals surface area contributed by atoms with Crippen molar-refractivity contribution < 1.29 is 18.3 Å². The van der Waals surface area contributed by atoms with Crippen LogP contribution in [0.1, 0.15) is 32.1 Å². The van der Waals surface area contributed by atoms with Crippen molar-refractivity contribution in [1.82, 2.24) is 9.80 Å². The second-order valence-electron chi connectivity index (χ2n) is 6.29. The largest absolute Gasteiger partial charge is 0.480 e. The van der Waals surface area contributed by atoms with Gasteiger partial charge < -0.3 is 10.0 Å². The lowest BCUT2D eigenvalue weighted by Crippen LogP contribution is -2.49. The molecule has 1 atom stereocenters. The monoisotopic (exact) mass is 318 g/mol. The Morgan fingerprint density at radius 2 is 1.86 bits per heavy atom. The number of carboxylic acids is 1. The molecule has 0 aromatic carbocycles. The van der Waals surface area contributed by atoms with E-state index in [9.17, 15) is 18.3 Å². The zero-order chi connectivity index (χ0) is 15.5. The van der Waals surface area contributed by atoms with Crippen LogP contribution in [0.5, 0.6) is 0 Å². The van der Waals surface area contributed by atoms with E-state index in [1.165, 1.54) is 6.26 Å². The number of rotatable bonds is 6. The van der Waals surface area contributed by atoms with E-state index in [-0.39, 0.29) is 11.8 Å². The Morgan fingerprint density at radius 1 is 1.19 bits per heavy atom. The fourth-order valence-electron chi connectivity index (χ4n) is 3.52. The van der Waals surface area contributed by atoms with Crippen molar-refractivity contribution in [2.75, 3.05) is 38.2 Å². The number of carboxylic acid groups (broad SMARTS) is 1. The number of likely N-dealkylation sites (tertiary alicyclic amines) is 2. The van der Waals surface area contributed by atoms with Crippen molar-refractivity contribution in [3.8, 4) is 0 Å². The lowest BCUT2D eigenvalue weighted by atomic mass is 10.0. The molecule has 2 fully saturated rings. The van der Waals surface area contributed by atoms with Gasteiger partial charge in [0.2, 0.25) is 0 Å². The summed E-state index contributed by atoms with van der Waals surface area (Å²) < 4.78 is 22.2. The molecule has 0 aromatic heterocycles. The van der Waals surface area contributed by atoms with Crippen LogP contribution in [0, 0.1) is 0 Å². The van der Waals surface area contributed by atoms with Crippen LogP contribution >= 0.6 is 0 Å². The fraction of sp³-hybridized carbons (Fsp3) is 0.929. The van der Waals surface area contributed by atoms with Crippen molar-refractivity contribution in [1.29, 1.82) is 0 Å². The Labute approximate surface area is 127 Å². The Morgan fingerprint density at radius 3 is 2.43 bits per heavy atom. The fourth-order valence-corrected chi connectivity index (χ4v) is 4.17. The lowest BCUT2D eigenvalue weighted by Gasteiger charge is -2.38. The molecule has 0 aromatic rings. The molecule has 1 unspecified atom stereocenters. The Kier molecular flexibility index (Phi) is 5.62. The quantitative estimate of drug-likeness (QED) is 0.765. The van der Waals surface area contributed by atoms with Crippen molar-refractivity contribution in [2.45, 2.75) is 44.2 Å². The molecule has 0 radical (unpaired) electrons. The van der Waals surface area contributed by atoms with Crippen LogP contribution < -0.4 is 0 Å². The van der Waals surface area contributed by atoms with E-state index in [4.69, 9.17) is 0 Å². The van der Waals surface area contributed by atoms with E-state index in [0.29, 0.717) is 12.5 Å². The number of sulfone groups is 1. The Bertz CT molecular complexity index is 458. The summed E-state index contributed by atoms with van der Waals surface area (Å²) in [6.45, 7) is 3.60. The molecule has 0 aliphatic carbocycles. The van der Waals surface area contributed by atoms with Crippen LogP contribution in [0.3, 0.4) is 0 Å². The van der Waals surface area contributed by atoms with Crippen LogP contribution in [0.15, 0.2) is 0 Å². The van der Waals surface area contributed by atoms with Crippen molar-refractivity contribution >= 4 is 15.8 Å². The molecular weight excluding hydrogens is 292 g/mol. The van der Waals surface area contributed by atoms with Gasteiger partial charge in [-0.2, -0.15) is 0 Å². The van der Waals surface area contributed by atoms with Gasteiger partial charge in [-0.15, -0.1) is 0 Å².